The van der Waals surface area contributed by atoms with Gasteiger partial charge in [0.15, 0.2) is 0 Å². The largest absolute Gasteiger partial charge is 0.304 e. The molecule has 2 rings (SSSR count). The van der Waals surface area contributed by atoms with Crippen LogP contribution in [0.3, 0.4) is 0 Å². The molecule has 0 aliphatic heterocycles. The molecule has 0 spiro atoms. The smallest absolute Gasteiger partial charge is 0.0776 e. The fourth-order valence-electron chi connectivity index (χ4n) is 2.29. The van der Waals surface area contributed by atoms with Crippen molar-refractivity contribution in [3.63, 3.8) is 0 Å². The van der Waals surface area contributed by atoms with E-state index in [-0.39, 0.29) is 5.41 Å². The fourth-order valence-corrected chi connectivity index (χ4v) is 2.29. The van der Waals surface area contributed by atoms with Gasteiger partial charge in [-0.1, -0.05) is 38.1 Å². The molecule has 0 radical (unpaired) electrons. The highest BCUT2D eigenvalue weighted by Gasteiger charge is 2.45. The van der Waals surface area contributed by atoms with Crippen molar-refractivity contribution in [2.75, 3.05) is 6.61 Å². The quantitative estimate of drug-likeness (QED) is 0.767. The molecule has 1 aliphatic rings. The van der Waals surface area contributed by atoms with Crippen LogP contribution in [0, 0.1) is 0 Å². The van der Waals surface area contributed by atoms with Crippen molar-refractivity contribution in [2.45, 2.75) is 38.0 Å². The van der Waals surface area contributed by atoms with Crippen molar-refractivity contribution < 1.29 is 4.84 Å². The van der Waals surface area contributed by atoms with E-state index < -0.39 is 0 Å². The van der Waals surface area contributed by atoms with Crippen molar-refractivity contribution in [3.05, 3.63) is 35.4 Å². The van der Waals surface area contributed by atoms with Crippen LogP contribution < -0.4 is 5.90 Å². The van der Waals surface area contributed by atoms with E-state index in [9.17, 15) is 0 Å². The number of hydrogen-bond donors (Lipinski definition) is 1. The summed E-state index contributed by atoms with van der Waals surface area (Å²) in [4.78, 5) is 4.86. The summed E-state index contributed by atoms with van der Waals surface area (Å²) in [6, 6.07) is 8.66. The first-order chi connectivity index (χ1) is 7.19. The fraction of sp³-hybridized carbons (Fsp3) is 0.538. The molecule has 0 heterocycles. The normalized spacial score (nSPS) is 18.1. The third-order valence-electron chi connectivity index (χ3n) is 3.37. The summed E-state index contributed by atoms with van der Waals surface area (Å²) in [5, 5.41) is 0. The Morgan fingerprint density at radius 1 is 1.33 bits per heavy atom. The zero-order chi connectivity index (χ0) is 10.9. The van der Waals surface area contributed by atoms with Crippen LogP contribution in [0.2, 0.25) is 0 Å². The highest BCUT2D eigenvalue weighted by molar-refractivity contribution is 5.40. The molecule has 2 N–H and O–H groups in total. The predicted molar refractivity (Wildman–Crippen MR) is 61.6 cm³/mol. The monoisotopic (exact) mass is 205 g/mol. The van der Waals surface area contributed by atoms with E-state index in [0.717, 1.165) is 0 Å². The summed E-state index contributed by atoms with van der Waals surface area (Å²) in [6.07, 6.45) is 2.40. The second-order valence-electron chi connectivity index (χ2n) is 4.83. The average molecular weight is 205 g/mol. The maximum absolute atomic E-state index is 5.22. The van der Waals surface area contributed by atoms with E-state index >= 15 is 0 Å². The second kappa shape index (κ2) is 3.95. The molecular formula is C13H19NO. The summed E-state index contributed by atoms with van der Waals surface area (Å²) in [7, 11) is 0. The van der Waals surface area contributed by atoms with Crippen LogP contribution in [-0.2, 0) is 10.3 Å². The Bertz CT molecular complexity index is 342. The van der Waals surface area contributed by atoms with Gasteiger partial charge in [0.2, 0.25) is 0 Å². The van der Waals surface area contributed by atoms with Crippen LogP contribution in [-0.4, -0.2) is 6.61 Å². The highest BCUT2D eigenvalue weighted by Crippen LogP contribution is 2.50. The van der Waals surface area contributed by atoms with Crippen molar-refractivity contribution >= 4 is 0 Å². The van der Waals surface area contributed by atoms with Crippen LogP contribution in [0.4, 0.5) is 0 Å². The summed E-state index contributed by atoms with van der Waals surface area (Å²) in [5.41, 5.74) is 3.09. The third kappa shape index (κ3) is 1.92. The Morgan fingerprint density at radius 3 is 2.53 bits per heavy atom. The SMILES string of the molecule is CC(C)c1ccccc1C1(CON)CC1. The average Bonchev–Trinajstić information content (AvgIpc) is 2.99. The van der Waals surface area contributed by atoms with Gasteiger partial charge in [-0.25, -0.2) is 5.90 Å². The zero-order valence-corrected chi connectivity index (χ0v) is 9.49. The molecule has 1 aromatic carbocycles. The molecule has 0 unspecified atom stereocenters. The topological polar surface area (TPSA) is 35.2 Å². The van der Waals surface area contributed by atoms with Gasteiger partial charge >= 0.3 is 0 Å². The molecule has 82 valence electrons. The van der Waals surface area contributed by atoms with Crippen LogP contribution in [0.25, 0.3) is 0 Å². The minimum absolute atomic E-state index is 0.218. The van der Waals surface area contributed by atoms with Gasteiger partial charge in [-0.2, -0.15) is 0 Å². The molecule has 2 heteroatoms. The summed E-state index contributed by atoms with van der Waals surface area (Å²) < 4.78 is 0. The van der Waals surface area contributed by atoms with E-state index in [1.54, 1.807) is 0 Å². The molecule has 0 amide bonds. The number of benzene rings is 1. The molecule has 0 atom stereocenters. The van der Waals surface area contributed by atoms with Crippen LogP contribution in [0.15, 0.2) is 24.3 Å². The minimum Gasteiger partial charge on any atom is -0.304 e. The standard InChI is InChI=1S/C13H19NO/c1-10(2)11-5-3-4-6-12(11)13(7-8-13)9-15-14/h3-6,10H,7-9,14H2,1-2H3. The van der Waals surface area contributed by atoms with Crippen molar-refractivity contribution in [1.29, 1.82) is 0 Å². The van der Waals surface area contributed by atoms with E-state index in [1.807, 2.05) is 0 Å². The first-order valence-corrected chi connectivity index (χ1v) is 5.61. The highest BCUT2D eigenvalue weighted by atomic mass is 16.6. The molecule has 1 aromatic rings. The van der Waals surface area contributed by atoms with Gasteiger partial charge in [-0.05, 0) is 29.9 Å². The molecule has 0 bridgehead atoms. The molecule has 2 nitrogen and oxygen atoms in total. The molecule has 15 heavy (non-hydrogen) atoms. The lowest BCUT2D eigenvalue weighted by atomic mass is 9.87. The van der Waals surface area contributed by atoms with E-state index in [4.69, 9.17) is 10.7 Å². The molecular weight excluding hydrogens is 186 g/mol. The van der Waals surface area contributed by atoms with Crippen molar-refractivity contribution in [1.82, 2.24) is 0 Å². The Hall–Kier alpha value is -0.860. The third-order valence-corrected chi connectivity index (χ3v) is 3.37. The Kier molecular flexibility index (Phi) is 2.81. The number of nitrogens with two attached hydrogens (primary N) is 1. The lowest BCUT2D eigenvalue weighted by molar-refractivity contribution is 0.116. The maximum Gasteiger partial charge on any atom is 0.0776 e. The van der Waals surface area contributed by atoms with Gasteiger partial charge < -0.3 is 4.84 Å². The second-order valence-corrected chi connectivity index (χ2v) is 4.83. The summed E-state index contributed by atoms with van der Waals surface area (Å²) >= 11 is 0. The van der Waals surface area contributed by atoms with Gasteiger partial charge in [0.1, 0.15) is 0 Å². The van der Waals surface area contributed by atoms with Gasteiger partial charge in [0.25, 0.3) is 0 Å². The predicted octanol–water partition coefficient (Wildman–Crippen LogP) is 2.73. The Balaban J connectivity index is 2.35. The van der Waals surface area contributed by atoms with Crippen molar-refractivity contribution in [3.8, 4) is 0 Å². The van der Waals surface area contributed by atoms with E-state index in [2.05, 4.69) is 38.1 Å². The lowest BCUT2D eigenvalue weighted by Gasteiger charge is -2.20. The van der Waals surface area contributed by atoms with Gasteiger partial charge in [-0.3, -0.25) is 0 Å². The molecule has 0 aromatic heterocycles. The Labute approximate surface area is 91.4 Å². The zero-order valence-electron chi connectivity index (χ0n) is 9.49. The van der Waals surface area contributed by atoms with Gasteiger partial charge in [0.05, 0.1) is 6.61 Å². The van der Waals surface area contributed by atoms with Crippen LogP contribution >= 0.6 is 0 Å². The number of hydrogen-bond acceptors (Lipinski definition) is 2. The van der Waals surface area contributed by atoms with Gasteiger partial charge in [-0.15, -0.1) is 0 Å². The van der Waals surface area contributed by atoms with Crippen molar-refractivity contribution in [2.24, 2.45) is 5.90 Å². The molecule has 1 fully saturated rings. The van der Waals surface area contributed by atoms with Gasteiger partial charge in [0, 0.05) is 5.41 Å². The van der Waals surface area contributed by atoms with E-state index in [0.29, 0.717) is 12.5 Å². The van der Waals surface area contributed by atoms with E-state index in [1.165, 1.54) is 24.0 Å². The maximum atomic E-state index is 5.22. The molecule has 0 saturated heterocycles. The first kappa shape index (κ1) is 10.7. The molecule has 1 aliphatic carbocycles. The summed E-state index contributed by atoms with van der Waals surface area (Å²) in [6.45, 7) is 5.12. The minimum atomic E-state index is 0.218. The van der Waals surface area contributed by atoms with Crippen LogP contribution in [0.1, 0.15) is 43.7 Å². The first-order valence-electron chi connectivity index (χ1n) is 5.61. The molecule has 1 saturated carbocycles. The summed E-state index contributed by atoms with van der Waals surface area (Å²) in [5.74, 6) is 5.78. The number of rotatable bonds is 4. The van der Waals surface area contributed by atoms with Crippen LogP contribution in [0.5, 0.6) is 0 Å². The lowest BCUT2D eigenvalue weighted by Crippen LogP contribution is -2.20. The Morgan fingerprint density at radius 2 is 2.00 bits per heavy atom.